The van der Waals surface area contributed by atoms with E-state index in [9.17, 15) is 0 Å². The summed E-state index contributed by atoms with van der Waals surface area (Å²) in [4.78, 5) is 0. The smallest absolute Gasteiger partial charge is 0.191 e. The van der Waals surface area contributed by atoms with Crippen LogP contribution in [0.5, 0.6) is 0 Å². The molecule has 1 aromatic carbocycles. The maximum Gasteiger partial charge on any atom is 0.191 e. The number of nitrogens with two attached hydrogens (primary N) is 1. The Morgan fingerprint density at radius 2 is 2.12 bits per heavy atom. The van der Waals surface area contributed by atoms with Crippen LogP contribution in [-0.2, 0) is 6.54 Å². The Bertz CT molecular complexity index is 494. The highest BCUT2D eigenvalue weighted by Gasteiger charge is 2.26. The number of rotatable bonds is 2. The normalized spacial score (nSPS) is 18.7. The summed E-state index contributed by atoms with van der Waals surface area (Å²) >= 11 is 1.72. The molecular weight excluding hydrogens is 220 g/mol. The van der Waals surface area contributed by atoms with Gasteiger partial charge in [0.25, 0.3) is 0 Å². The van der Waals surface area contributed by atoms with Crippen molar-refractivity contribution in [2.24, 2.45) is 5.73 Å². The van der Waals surface area contributed by atoms with Gasteiger partial charge in [0.2, 0.25) is 0 Å². The van der Waals surface area contributed by atoms with E-state index in [0.717, 1.165) is 23.1 Å². The lowest BCUT2D eigenvalue weighted by Crippen LogP contribution is -2.17. The van der Waals surface area contributed by atoms with Gasteiger partial charge in [-0.25, -0.2) is 0 Å². The molecule has 1 unspecified atom stereocenters. The van der Waals surface area contributed by atoms with Gasteiger partial charge >= 0.3 is 0 Å². The summed E-state index contributed by atoms with van der Waals surface area (Å²) in [6.45, 7) is 1.59. The molecule has 82 valence electrons. The van der Waals surface area contributed by atoms with Crippen molar-refractivity contribution >= 4 is 11.8 Å². The van der Waals surface area contributed by atoms with E-state index in [4.69, 9.17) is 5.73 Å². The van der Waals surface area contributed by atoms with Crippen LogP contribution in [0.15, 0.2) is 35.5 Å². The zero-order valence-electron chi connectivity index (χ0n) is 8.71. The van der Waals surface area contributed by atoms with E-state index in [0.29, 0.717) is 11.8 Å². The van der Waals surface area contributed by atoms with Crippen LogP contribution in [0.25, 0.3) is 11.4 Å². The molecule has 1 aliphatic heterocycles. The summed E-state index contributed by atoms with van der Waals surface area (Å²) in [5.74, 6) is 0.944. The molecule has 0 aliphatic carbocycles. The fourth-order valence-electron chi connectivity index (χ4n) is 1.85. The number of thioether (sulfide) groups is 1. The van der Waals surface area contributed by atoms with Gasteiger partial charge in [-0.05, 0) is 0 Å². The molecule has 0 amide bonds. The van der Waals surface area contributed by atoms with Crippen molar-refractivity contribution in [1.29, 1.82) is 0 Å². The average Bonchev–Trinajstić information content (AvgIpc) is 2.88. The van der Waals surface area contributed by atoms with Crippen molar-refractivity contribution in [3.8, 4) is 11.4 Å². The summed E-state index contributed by atoms with van der Waals surface area (Å²) in [6.07, 6.45) is 0. The summed E-state index contributed by atoms with van der Waals surface area (Å²) in [5.41, 5.74) is 6.79. The van der Waals surface area contributed by atoms with E-state index >= 15 is 0 Å². The summed E-state index contributed by atoms with van der Waals surface area (Å²) in [7, 11) is 0. The lowest BCUT2D eigenvalue weighted by Gasteiger charge is -2.05. The number of hydrogen-bond acceptors (Lipinski definition) is 4. The highest BCUT2D eigenvalue weighted by molar-refractivity contribution is 8.00. The Labute approximate surface area is 97.9 Å². The maximum atomic E-state index is 5.68. The van der Waals surface area contributed by atoms with Gasteiger partial charge in [0.1, 0.15) is 0 Å². The Balaban J connectivity index is 2.00. The summed E-state index contributed by atoms with van der Waals surface area (Å²) in [6, 6.07) is 10.1. The first-order valence-corrected chi connectivity index (χ1v) is 6.12. The number of fused-ring (bicyclic) bond motifs is 1. The number of nitrogens with zero attached hydrogens (tertiary/aromatic N) is 3. The molecule has 2 heterocycles. The van der Waals surface area contributed by atoms with Crippen molar-refractivity contribution in [2.45, 2.75) is 17.0 Å². The van der Waals surface area contributed by atoms with Crippen LogP contribution in [0.3, 0.4) is 0 Å². The molecule has 1 aromatic heterocycles. The molecular formula is C11H12N4S. The minimum atomic E-state index is 0.438. The molecule has 1 atom stereocenters. The Kier molecular flexibility index (Phi) is 2.41. The largest absolute Gasteiger partial charge is 0.329 e. The van der Waals surface area contributed by atoms with Crippen LogP contribution < -0.4 is 5.73 Å². The summed E-state index contributed by atoms with van der Waals surface area (Å²) in [5, 5.41) is 9.84. The molecule has 2 N–H and O–H groups in total. The molecule has 0 fully saturated rings. The average molecular weight is 232 g/mol. The Hall–Kier alpha value is -1.33. The van der Waals surface area contributed by atoms with E-state index in [1.54, 1.807) is 11.8 Å². The standard InChI is InChI=1S/C11H12N4S/c12-6-9-7-15-10(13-14-11(15)16-9)8-4-2-1-3-5-8/h1-5,9H,6-7,12H2. The fraction of sp³-hybridized carbons (Fsp3) is 0.273. The molecule has 0 spiro atoms. The lowest BCUT2D eigenvalue weighted by molar-refractivity contribution is 0.655. The number of benzene rings is 1. The minimum absolute atomic E-state index is 0.438. The molecule has 2 aromatic rings. The van der Waals surface area contributed by atoms with Gasteiger partial charge in [-0.3, -0.25) is 0 Å². The molecule has 1 aliphatic rings. The molecule has 0 bridgehead atoms. The SMILES string of the molecule is NCC1Cn2c(nnc2-c2ccccc2)S1. The van der Waals surface area contributed by atoms with E-state index < -0.39 is 0 Å². The van der Waals surface area contributed by atoms with Gasteiger partial charge in [0, 0.05) is 23.9 Å². The third-order valence-electron chi connectivity index (χ3n) is 2.67. The second kappa shape index (κ2) is 3.92. The molecule has 16 heavy (non-hydrogen) atoms. The maximum absolute atomic E-state index is 5.68. The first-order chi connectivity index (χ1) is 7.88. The number of aromatic nitrogens is 3. The van der Waals surface area contributed by atoms with Gasteiger partial charge in [-0.15, -0.1) is 10.2 Å². The predicted molar refractivity (Wildman–Crippen MR) is 64.2 cm³/mol. The second-order valence-corrected chi connectivity index (χ2v) is 5.03. The van der Waals surface area contributed by atoms with Gasteiger partial charge < -0.3 is 10.3 Å². The Morgan fingerprint density at radius 3 is 2.88 bits per heavy atom. The lowest BCUT2D eigenvalue weighted by atomic mass is 10.2. The molecule has 0 radical (unpaired) electrons. The van der Waals surface area contributed by atoms with Crippen molar-refractivity contribution in [1.82, 2.24) is 14.8 Å². The fourth-order valence-corrected chi connectivity index (χ4v) is 2.85. The van der Waals surface area contributed by atoms with Crippen LogP contribution in [-0.4, -0.2) is 26.6 Å². The predicted octanol–water partition coefficient (Wildman–Crippen LogP) is 1.38. The van der Waals surface area contributed by atoms with Crippen molar-refractivity contribution < 1.29 is 0 Å². The molecule has 0 saturated carbocycles. The highest BCUT2D eigenvalue weighted by atomic mass is 32.2. The Morgan fingerprint density at radius 1 is 1.31 bits per heavy atom. The molecule has 3 rings (SSSR count). The summed E-state index contributed by atoms with van der Waals surface area (Å²) < 4.78 is 2.15. The van der Waals surface area contributed by atoms with Crippen LogP contribution in [0.2, 0.25) is 0 Å². The van der Waals surface area contributed by atoms with Crippen molar-refractivity contribution in [2.75, 3.05) is 6.54 Å². The van der Waals surface area contributed by atoms with Crippen molar-refractivity contribution in [3.63, 3.8) is 0 Å². The topological polar surface area (TPSA) is 56.7 Å². The zero-order chi connectivity index (χ0) is 11.0. The van der Waals surface area contributed by atoms with Crippen molar-refractivity contribution in [3.05, 3.63) is 30.3 Å². The van der Waals surface area contributed by atoms with Crippen LogP contribution in [0.4, 0.5) is 0 Å². The van der Waals surface area contributed by atoms with E-state index in [-0.39, 0.29) is 0 Å². The molecule has 5 heteroatoms. The van der Waals surface area contributed by atoms with E-state index in [1.165, 1.54) is 0 Å². The first kappa shape index (κ1) is 9.86. The molecule has 0 saturated heterocycles. The van der Waals surface area contributed by atoms with Crippen LogP contribution >= 0.6 is 11.8 Å². The zero-order valence-corrected chi connectivity index (χ0v) is 9.52. The highest BCUT2D eigenvalue weighted by Crippen LogP contribution is 2.33. The minimum Gasteiger partial charge on any atom is -0.329 e. The van der Waals surface area contributed by atoms with Crippen LogP contribution in [0.1, 0.15) is 0 Å². The third-order valence-corrected chi connectivity index (χ3v) is 3.86. The quantitative estimate of drug-likeness (QED) is 0.850. The van der Waals surface area contributed by atoms with Gasteiger partial charge in [-0.2, -0.15) is 0 Å². The molecule has 4 nitrogen and oxygen atoms in total. The van der Waals surface area contributed by atoms with Gasteiger partial charge in [0.05, 0.1) is 0 Å². The van der Waals surface area contributed by atoms with Gasteiger partial charge in [0.15, 0.2) is 11.0 Å². The van der Waals surface area contributed by atoms with E-state index in [2.05, 4.69) is 26.9 Å². The number of hydrogen-bond donors (Lipinski definition) is 1. The third kappa shape index (κ3) is 1.52. The monoisotopic (exact) mass is 232 g/mol. The second-order valence-electron chi connectivity index (χ2n) is 3.76. The van der Waals surface area contributed by atoms with Crippen LogP contribution in [0, 0.1) is 0 Å². The first-order valence-electron chi connectivity index (χ1n) is 5.24. The van der Waals surface area contributed by atoms with Gasteiger partial charge in [-0.1, -0.05) is 42.1 Å². The van der Waals surface area contributed by atoms with E-state index in [1.807, 2.05) is 18.2 Å².